The first-order valence-electron chi connectivity index (χ1n) is 5.42. The first-order chi connectivity index (χ1) is 8.43. The van der Waals surface area contributed by atoms with Gasteiger partial charge >= 0.3 is 0 Å². The molecule has 0 amide bonds. The smallest absolute Gasteiger partial charge is 0.156 e. The number of rotatable bonds is 6. The van der Waals surface area contributed by atoms with Crippen LogP contribution in [-0.2, 0) is 4.74 Å². The molecule has 18 heavy (non-hydrogen) atoms. The Balaban J connectivity index is 2.58. The Bertz CT molecular complexity index is 375. The van der Waals surface area contributed by atoms with Crippen molar-refractivity contribution in [1.29, 1.82) is 0 Å². The van der Waals surface area contributed by atoms with Gasteiger partial charge in [0, 0.05) is 10.9 Å². The average molecular weight is 332 g/mol. The van der Waals surface area contributed by atoms with Crippen molar-refractivity contribution in [2.75, 3.05) is 12.5 Å². The van der Waals surface area contributed by atoms with E-state index in [0.717, 1.165) is 0 Å². The van der Waals surface area contributed by atoms with Gasteiger partial charge < -0.3 is 9.47 Å². The molecule has 0 radical (unpaired) electrons. The summed E-state index contributed by atoms with van der Waals surface area (Å²) in [6, 6.07) is 3.16. The lowest BCUT2D eigenvalue weighted by Crippen LogP contribution is -2.24. The van der Waals surface area contributed by atoms with Gasteiger partial charge in [0.1, 0.15) is 6.61 Å². The maximum absolute atomic E-state index is 6.00. The minimum Gasteiger partial charge on any atom is -0.488 e. The van der Waals surface area contributed by atoms with Crippen molar-refractivity contribution >= 4 is 46.4 Å². The summed E-state index contributed by atoms with van der Waals surface area (Å²) in [6.45, 7) is 4.12. The van der Waals surface area contributed by atoms with Gasteiger partial charge in [0.2, 0.25) is 0 Å². The number of halogens is 4. The van der Waals surface area contributed by atoms with E-state index >= 15 is 0 Å². The molecule has 0 saturated carbocycles. The summed E-state index contributed by atoms with van der Waals surface area (Å²) in [6.07, 6.45) is -0.136. The molecule has 0 bridgehead atoms. The van der Waals surface area contributed by atoms with Crippen LogP contribution in [0.2, 0.25) is 15.1 Å². The maximum Gasteiger partial charge on any atom is 0.156 e. The normalized spacial score (nSPS) is 14.3. The van der Waals surface area contributed by atoms with Gasteiger partial charge in [-0.3, -0.25) is 0 Å². The summed E-state index contributed by atoms with van der Waals surface area (Å²) in [4.78, 5) is 0. The van der Waals surface area contributed by atoms with Crippen LogP contribution in [0.5, 0.6) is 5.75 Å². The highest BCUT2D eigenvalue weighted by Crippen LogP contribution is 2.35. The SMILES string of the molecule is CC(CCl)OC(C)COc1c(Cl)cc(Cl)cc1Cl. The zero-order valence-electron chi connectivity index (χ0n) is 10.1. The van der Waals surface area contributed by atoms with Gasteiger partial charge in [-0.25, -0.2) is 0 Å². The third-order valence-corrected chi connectivity index (χ3v) is 3.32. The van der Waals surface area contributed by atoms with Crippen LogP contribution >= 0.6 is 46.4 Å². The summed E-state index contributed by atoms with van der Waals surface area (Å²) < 4.78 is 11.1. The lowest BCUT2D eigenvalue weighted by Gasteiger charge is -2.18. The third-order valence-electron chi connectivity index (χ3n) is 2.11. The Hall–Kier alpha value is 0.140. The largest absolute Gasteiger partial charge is 0.488 e. The molecule has 1 aromatic carbocycles. The molecule has 0 aromatic heterocycles. The van der Waals surface area contributed by atoms with Gasteiger partial charge in [0.05, 0.1) is 22.3 Å². The van der Waals surface area contributed by atoms with E-state index < -0.39 is 0 Å². The van der Waals surface area contributed by atoms with E-state index in [2.05, 4.69) is 0 Å². The van der Waals surface area contributed by atoms with E-state index in [1.807, 2.05) is 13.8 Å². The molecule has 2 nitrogen and oxygen atoms in total. The second-order valence-electron chi connectivity index (χ2n) is 3.92. The van der Waals surface area contributed by atoms with Crippen molar-refractivity contribution in [3.05, 3.63) is 27.2 Å². The molecule has 0 aliphatic carbocycles. The monoisotopic (exact) mass is 330 g/mol. The molecule has 1 aromatic rings. The maximum atomic E-state index is 6.00. The van der Waals surface area contributed by atoms with Crippen LogP contribution in [0.1, 0.15) is 13.8 Å². The molecule has 0 fully saturated rings. The Kier molecular flexibility index (Phi) is 6.89. The summed E-state index contributed by atoms with van der Waals surface area (Å²) in [5, 5.41) is 1.23. The average Bonchev–Trinajstić information content (AvgIpc) is 2.27. The molecule has 6 heteroatoms. The molecule has 0 spiro atoms. The summed E-state index contributed by atoms with van der Waals surface area (Å²) in [5.41, 5.74) is 0. The molecule has 1 rings (SSSR count). The van der Waals surface area contributed by atoms with Gasteiger partial charge in [-0.15, -0.1) is 11.6 Å². The fraction of sp³-hybridized carbons (Fsp3) is 0.500. The molecular formula is C12H14Cl4O2. The summed E-state index contributed by atoms with van der Waals surface area (Å²) in [5.74, 6) is 0.851. The first-order valence-corrected chi connectivity index (χ1v) is 7.09. The molecule has 0 aliphatic rings. The number of alkyl halides is 1. The highest BCUT2D eigenvalue weighted by Gasteiger charge is 2.13. The molecule has 2 unspecified atom stereocenters. The highest BCUT2D eigenvalue weighted by molar-refractivity contribution is 6.40. The second-order valence-corrected chi connectivity index (χ2v) is 5.48. The van der Waals surface area contributed by atoms with Crippen molar-refractivity contribution < 1.29 is 9.47 Å². The van der Waals surface area contributed by atoms with Gasteiger partial charge in [-0.05, 0) is 26.0 Å². The fourth-order valence-electron chi connectivity index (χ4n) is 1.34. The molecule has 2 atom stereocenters. The van der Waals surface area contributed by atoms with Gasteiger partial charge in [0.25, 0.3) is 0 Å². The minimum atomic E-state index is -0.110. The standard InChI is InChI=1S/C12H14Cl4O2/c1-7(5-13)18-8(2)6-17-12-10(15)3-9(14)4-11(12)16/h3-4,7-8H,5-6H2,1-2H3. The van der Waals surface area contributed by atoms with Crippen LogP contribution in [-0.4, -0.2) is 24.7 Å². The predicted molar refractivity (Wildman–Crippen MR) is 77.7 cm³/mol. The molecule has 0 aliphatic heterocycles. The Labute approximate surface area is 127 Å². The molecule has 0 saturated heterocycles. The quantitative estimate of drug-likeness (QED) is 0.678. The van der Waals surface area contributed by atoms with E-state index in [1.165, 1.54) is 0 Å². The van der Waals surface area contributed by atoms with Crippen molar-refractivity contribution in [3.8, 4) is 5.75 Å². The van der Waals surface area contributed by atoms with Gasteiger partial charge in [0.15, 0.2) is 5.75 Å². The van der Waals surface area contributed by atoms with Gasteiger partial charge in [-0.2, -0.15) is 0 Å². The van der Waals surface area contributed by atoms with Crippen LogP contribution in [0, 0.1) is 0 Å². The summed E-state index contributed by atoms with van der Waals surface area (Å²) in [7, 11) is 0. The predicted octanol–water partition coefficient (Wildman–Crippen LogP) is 5.06. The zero-order valence-corrected chi connectivity index (χ0v) is 13.1. The third kappa shape index (κ3) is 5.02. The van der Waals surface area contributed by atoms with Crippen LogP contribution in [0.3, 0.4) is 0 Å². The van der Waals surface area contributed by atoms with Crippen molar-refractivity contribution in [2.45, 2.75) is 26.1 Å². The van der Waals surface area contributed by atoms with Crippen LogP contribution in [0.25, 0.3) is 0 Å². The Morgan fingerprint density at radius 3 is 2.11 bits per heavy atom. The number of hydrogen-bond acceptors (Lipinski definition) is 2. The Morgan fingerprint density at radius 1 is 1.06 bits per heavy atom. The van der Waals surface area contributed by atoms with Crippen molar-refractivity contribution in [1.82, 2.24) is 0 Å². The number of hydrogen-bond donors (Lipinski definition) is 0. The summed E-state index contributed by atoms with van der Waals surface area (Å²) >= 11 is 23.5. The van der Waals surface area contributed by atoms with E-state index in [-0.39, 0.29) is 12.2 Å². The van der Waals surface area contributed by atoms with E-state index in [4.69, 9.17) is 55.9 Å². The Morgan fingerprint density at radius 2 is 1.61 bits per heavy atom. The van der Waals surface area contributed by atoms with E-state index in [1.54, 1.807) is 12.1 Å². The second kappa shape index (κ2) is 7.66. The van der Waals surface area contributed by atoms with Crippen LogP contribution < -0.4 is 4.74 Å². The molecule has 0 heterocycles. The minimum absolute atomic E-state index is 0.0265. The molecule has 0 N–H and O–H groups in total. The zero-order chi connectivity index (χ0) is 13.7. The number of benzene rings is 1. The van der Waals surface area contributed by atoms with Crippen molar-refractivity contribution in [2.24, 2.45) is 0 Å². The molecular weight excluding hydrogens is 318 g/mol. The number of ether oxygens (including phenoxy) is 2. The van der Waals surface area contributed by atoms with E-state index in [0.29, 0.717) is 33.3 Å². The fourth-order valence-corrected chi connectivity index (χ4v) is 2.34. The topological polar surface area (TPSA) is 18.5 Å². The van der Waals surface area contributed by atoms with Crippen LogP contribution in [0.15, 0.2) is 12.1 Å². The van der Waals surface area contributed by atoms with Crippen molar-refractivity contribution in [3.63, 3.8) is 0 Å². The van der Waals surface area contributed by atoms with Crippen LogP contribution in [0.4, 0.5) is 0 Å². The molecule has 102 valence electrons. The first kappa shape index (κ1) is 16.2. The van der Waals surface area contributed by atoms with E-state index in [9.17, 15) is 0 Å². The lowest BCUT2D eigenvalue weighted by molar-refractivity contribution is -0.00465. The highest BCUT2D eigenvalue weighted by atomic mass is 35.5. The lowest BCUT2D eigenvalue weighted by atomic mass is 10.3. The van der Waals surface area contributed by atoms with Gasteiger partial charge in [-0.1, -0.05) is 34.8 Å².